The zero-order valence-corrected chi connectivity index (χ0v) is 14.4. The van der Waals surface area contributed by atoms with Crippen LogP contribution >= 0.6 is 0 Å². The normalized spacial score (nSPS) is 10.5. The summed E-state index contributed by atoms with van der Waals surface area (Å²) in [6, 6.07) is 17.2. The third-order valence-electron chi connectivity index (χ3n) is 3.53. The van der Waals surface area contributed by atoms with Gasteiger partial charge in [0.05, 0.1) is 0 Å². The van der Waals surface area contributed by atoms with Crippen molar-refractivity contribution in [2.75, 3.05) is 11.9 Å². The molecule has 0 spiro atoms. The molecule has 0 saturated heterocycles. The zero-order chi connectivity index (χ0) is 16.5. The smallest absolute Gasteiger partial charge is 0.0405 e. The molecule has 0 unspecified atom stereocenters. The number of hydrogen-bond acceptors (Lipinski definition) is 1. The van der Waals surface area contributed by atoms with Gasteiger partial charge >= 0.3 is 0 Å². The van der Waals surface area contributed by atoms with Gasteiger partial charge in [-0.05, 0) is 43.2 Å². The fraction of sp³-hybridized carbons (Fsp3) is 0.238. The Kier molecular flexibility index (Phi) is 7.18. The van der Waals surface area contributed by atoms with Crippen molar-refractivity contribution in [3.63, 3.8) is 0 Å². The third-order valence-corrected chi connectivity index (χ3v) is 3.53. The summed E-state index contributed by atoms with van der Waals surface area (Å²) >= 11 is 0. The fourth-order valence-electron chi connectivity index (χ4n) is 2.11. The molecule has 2 aromatic rings. The Balaban J connectivity index is 0.00000116. The van der Waals surface area contributed by atoms with Gasteiger partial charge in [0, 0.05) is 18.4 Å². The summed E-state index contributed by atoms with van der Waals surface area (Å²) in [4.78, 5) is 2.15. The molecule has 0 aliphatic rings. The van der Waals surface area contributed by atoms with Crippen LogP contribution in [0.3, 0.4) is 0 Å². The van der Waals surface area contributed by atoms with Gasteiger partial charge in [-0.25, -0.2) is 0 Å². The first-order valence-electron chi connectivity index (χ1n) is 7.82. The van der Waals surface area contributed by atoms with Crippen LogP contribution in [0.1, 0.15) is 26.3 Å². The lowest BCUT2D eigenvalue weighted by Gasteiger charge is -2.20. The van der Waals surface area contributed by atoms with Gasteiger partial charge in [0.2, 0.25) is 0 Å². The van der Waals surface area contributed by atoms with Crippen molar-refractivity contribution in [2.45, 2.75) is 27.7 Å². The second-order valence-electron chi connectivity index (χ2n) is 5.02. The van der Waals surface area contributed by atoms with E-state index in [2.05, 4.69) is 80.9 Å². The molecule has 2 rings (SSSR count). The highest BCUT2D eigenvalue weighted by molar-refractivity contribution is 5.67. The molecule has 0 N–H and O–H groups in total. The Hall–Kier alpha value is -2.28. The predicted octanol–water partition coefficient (Wildman–Crippen LogP) is 6.21. The number of hydrogen-bond donors (Lipinski definition) is 0. The lowest BCUT2D eigenvalue weighted by Crippen LogP contribution is -2.13. The van der Waals surface area contributed by atoms with Crippen LogP contribution in [0.5, 0.6) is 0 Å². The number of allylic oxidation sites excluding steroid dienone is 3. The van der Waals surface area contributed by atoms with Gasteiger partial charge in [-0.3, -0.25) is 0 Å². The Morgan fingerprint density at radius 2 is 1.36 bits per heavy atom. The first kappa shape index (κ1) is 17.8. The topological polar surface area (TPSA) is 3.24 Å². The molecule has 2 aromatic carbocycles. The molecular formula is C21H27N. The summed E-state index contributed by atoms with van der Waals surface area (Å²) in [5.74, 6) is 0. The summed E-state index contributed by atoms with van der Waals surface area (Å²) in [5.41, 5.74) is 6.13. The molecule has 116 valence electrons. The van der Waals surface area contributed by atoms with Crippen molar-refractivity contribution < 1.29 is 0 Å². The highest BCUT2D eigenvalue weighted by Crippen LogP contribution is 2.24. The quantitative estimate of drug-likeness (QED) is 0.605. The maximum atomic E-state index is 3.73. The molecule has 0 fully saturated rings. The molecule has 0 aliphatic carbocycles. The lowest BCUT2D eigenvalue weighted by atomic mass is 10.0. The molecule has 0 aromatic heterocycles. The molecular weight excluding hydrogens is 266 g/mol. The van der Waals surface area contributed by atoms with Crippen molar-refractivity contribution in [2.24, 2.45) is 0 Å². The van der Waals surface area contributed by atoms with Crippen LogP contribution in [0, 0.1) is 6.92 Å². The predicted molar refractivity (Wildman–Crippen MR) is 100 cm³/mol. The van der Waals surface area contributed by atoms with Gasteiger partial charge in [0.25, 0.3) is 0 Å². The van der Waals surface area contributed by atoms with E-state index in [1.807, 2.05) is 26.0 Å². The van der Waals surface area contributed by atoms with E-state index in [1.54, 1.807) is 0 Å². The molecule has 1 heteroatoms. The van der Waals surface area contributed by atoms with Gasteiger partial charge in [-0.15, -0.1) is 0 Å². The molecule has 0 bridgehead atoms. The van der Waals surface area contributed by atoms with Crippen LogP contribution in [0.25, 0.3) is 11.1 Å². The molecule has 0 aliphatic heterocycles. The van der Waals surface area contributed by atoms with Crippen molar-refractivity contribution >= 4 is 5.69 Å². The van der Waals surface area contributed by atoms with E-state index in [1.165, 1.54) is 28.1 Å². The number of aryl methyl sites for hydroxylation is 1. The van der Waals surface area contributed by atoms with Gasteiger partial charge in [0.15, 0.2) is 0 Å². The van der Waals surface area contributed by atoms with Crippen LogP contribution in [0.15, 0.2) is 73.0 Å². The first-order chi connectivity index (χ1) is 10.6. The van der Waals surface area contributed by atoms with Gasteiger partial charge in [-0.2, -0.15) is 0 Å². The van der Waals surface area contributed by atoms with E-state index in [-0.39, 0.29) is 0 Å². The maximum Gasteiger partial charge on any atom is 0.0405 e. The Labute approximate surface area is 135 Å². The molecule has 0 radical (unpaired) electrons. The van der Waals surface area contributed by atoms with E-state index in [9.17, 15) is 0 Å². The summed E-state index contributed by atoms with van der Waals surface area (Å²) in [7, 11) is 2.07. The van der Waals surface area contributed by atoms with Crippen LogP contribution in [0.2, 0.25) is 0 Å². The second kappa shape index (κ2) is 8.89. The second-order valence-corrected chi connectivity index (χ2v) is 5.02. The number of benzene rings is 2. The molecule has 0 atom stereocenters. The summed E-state index contributed by atoms with van der Waals surface area (Å²) in [5, 5.41) is 0. The van der Waals surface area contributed by atoms with Gasteiger partial charge in [-0.1, -0.05) is 68.5 Å². The monoisotopic (exact) mass is 293 g/mol. The van der Waals surface area contributed by atoms with Crippen LogP contribution in [-0.4, -0.2) is 7.05 Å². The molecule has 0 saturated carbocycles. The molecule has 0 amide bonds. The third kappa shape index (κ3) is 4.63. The average molecular weight is 293 g/mol. The van der Waals surface area contributed by atoms with Crippen molar-refractivity contribution in [1.29, 1.82) is 0 Å². The minimum atomic E-state index is 1.17. The highest BCUT2D eigenvalue weighted by atomic mass is 15.1. The number of anilines is 1. The minimum Gasteiger partial charge on any atom is -0.348 e. The Morgan fingerprint density at radius 1 is 0.909 bits per heavy atom. The average Bonchev–Trinajstić information content (AvgIpc) is 2.57. The van der Waals surface area contributed by atoms with Gasteiger partial charge < -0.3 is 4.90 Å². The van der Waals surface area contributed by atoms with Crippen LogP contribution < -0.4 is 4.90 Å². The van der Waals surface area contributed by atoms with Gasteiger partial charge in [0.1, 0.15) is 0 Å². The standard InChI is InChI=1S/C19H21N.C2H6/c1-5-6-16(3)20(4)19-13-11-18(12-14-19)17-9-7-15(2)8-10-17;1-2/h5-14H,1H2,2-4H3;1-2H3/b16-6+;. The van der Waals surface area contributed by atoms with Crippen molar-refractivity contribution in [3.05, 3.63) is 78.5 Å². The van der Waals surface area contributed by atoms with Crippen LogP contribution in [-0.2, 0) is 0 Å². The van der Waals surface area contributed by atoms with Crippen LogP contribution in [0.4, 0.5) is 5.69 Å². The largest absolute Gasteiger partial charge is 0.348 e. The molecule has 0 heterocycles. The van der Waals surface area contributed by atoms with E-state index in [0.29, 0.717) is 0 Å². The minimum absolute atomic E-state index is 1.17. The van der Waals surface area contributed by atoms with E-state index in [0.717, 1.165) is 0 Å². The van der Waals surface area contributed by atoms with Crippen molar-refractivity contribution in [3.8, 4) is 11.1 Å². The lowest BCUT2D eigenvalue weighted by molar-refractivity contribution is 1.09. The summed E-state index contributed by atoms with van der Waals surface area (Å²) in [6.07, 6.45) is 3.82. The highest BCUT2D eigenvalue weighted by Gasteiger charge is 2.03. The number of rotatable bonds is 4. The van der Waals surface area contributed by atoms with Crippen molar-refractivity contribution in [1.82, 2.24) is 0 Å². The summed E-state index contributed by atoms with van der Waals surface area (Å²) < 4.78 is 0. The number of nitrogens with zero attached hydrogens (tertiary/aromatic N) is 1. The zero-order valence-electron chi connectivity index (χ0n) is 14.4. The first-order valence-corrected chi connectivity index (χ1v) is 7.82. The Bertz CT molecular complexity index is 603. The SMILES string of the molecule is C=C/C=C(\C)N(C)c1ccc(-c2ccc(C)cc2)cc1.CC. The van der Waals surface area contributed by atoms with E-state index in [4.69, 9.17) is 0 Å². The van der Waals surface area contributed by atoms with E-state index >= 15 is 0 Å². The molecule has 22 heavy (non-hydrogen) atoms. The van der Waals surface area contributed by atoms with E-state index < -0.39 is 0 Å². The molecule has 1 nitrogen and oxygen atoms in total. The fourth-order valence-corrected chi connectivity index (χ4v) is 2.11. The summed E-state index contributed by atoms with van der Waals surface area (Å²) in [6.45, 7) is 11.9. The maximum absolute atomic E-state index is 3.73. The Morgan fingerprint density at radius 3 is 1.82 bits per heavy atom.